The van der Waals surface area contributed by atoms with E-state index in [1.54, 1.807) is 0 Å². The molecule has 0 radical (unpaired) electrons. The second kappa shape index (κ2) is 15.0. The summed E-state index contributed by atoms with van der Waals surface area (Å²) in [5, 5.41) is 0. The fourth-order valence-corrected chi connectivity index (χ4v) is 12.4. The first-order valence-corrected chi connectivity index (χ1v) is 23.6. The molecule has 13 rings (SSSR count). The fourth-order valence-electron chi connectivity index (χ4n) is 12.4. The average molecular weight is 846 g/mol. The zero-order valence-corrected chi connectivity index (χ0v) is 37.2. The number of hydrogen-bond donors (Lipinski definition) is 0. The second-order valence-corrected chi connectivity index (χ2v) is 19.1. The van der Waals surface area contributed by atoms with Gasteiger partial charge in [-0.3, -0.25) is 0 Å². The summed E-state index contributed by atoms with van der Waals surface area (Å²) in [7, 11) is 0. The van der Waals surface area contributed by atoms with Crippen molar-refractivity contribution < 1.29 is 12.2 Å². The minimum atomic E-state index is -0.747. The third-order valence-corrected chi connectivity index (χ3v) is 15.5. The van der Waals surface area contributed by atoms with Crippen LogP contribution in [-0.4, -0.2) is 26.4 Å². The Bertz CT molecular complexity index is 3210. The van der Waals surface area contributed by atoms with Gasteiger partial charge < -0.3 is 14.4 Å². The summed E-state index contributed by atoms with van der Waals surface area (Å²) >= 11 is 0. The Kier molecular flexibility index (Phi) is 8.50. The van der Waals surface area contributed by atoms with Crippen LogP contribution in [0, 0.1) is 0 Å². The number of hydrogen-bond acceptors (Lipinski definition) is 3. The molecule has 0 saturated carbocycles. The van der Waals surface area contributed by atoms with Crippen LogP contribution in [0.25, 0.3) is 44.5 Å². The highest BCUT2D eigenvalue weighted by molar-refractivity contribution is 6.03. The lowest BCUT2D eigenvalue weighted by molar-refractivity contribution is 0.0852. The molecule has 0 aromatic heterocycles. The summed E-state index contributed by atoms with van der Waals surface area (Å²) in [6.07, 6.45) is 2.65. The number of nitrogens with zero attached hydrogens (tertiary/aromatic N) is 1. The van der Waals surface area contributed by atoms with Crippen LogP contribution in [0.1, 0.15) is 98.6 Å². The van der Waals surface area contributed by atoms with E-state index in [4.69, 9.17) is 9.47 Å². The van der Waals surface area contributed by atoms with Gasteiger partial charge in [-0.2, -0.15) is 0 Å². The van der Waals surface area contributed by atoms with Crippen molar-refractivity contribution >= 4 is 17.1 Å². The van der Waals surface area contributed by atoms with Gasteiger partial charge in [-0.05, 0) is 140 Å². The van der Waals surface area contributed by atoms with Gasteiger partial charge in [0.2, 0.25) is 0 Å². The number of rotatable bonds is 6. The molecule has 3 heteroatoms. The Hall–Kier alpha value is -6.52. The molecule has 8 aromatic carbocycles. The maximum Gasteiger partial charge on any atom is 0.0726 e. The molecule has 0 amide bonds. The zero-order valence-electron chi connectivity index (χ0n) is 39.2. The molecule has 1 spiro atoms. The Morgan fingerprint density at radius 3 is 1.62 bits per heavy atom. The van der Waals surface area contributed by atoms with Gasteiger partial charge in [0.15, 0.2) is 0 Å². The minimum Gasteiger partial charge on any atom is -0.381 e. The van der Waals surface area contributed by atoms with E-state index in [0.29, 0.717) is 52.1 Å². The quantitative estimate of drug-likeness (QED) is 0.166. The highest BCUT2D eigenvalue weighted by atomic mass is 16.5. The van der Waals surface area contributed by atoms with Crippen LogP contribution in [-0.2, 0) is 20.3 Å². The Morgan fingerprint density at radius 2 is 0.938 bits per heavy atom. The molecule has 65 heavy (non-hydrogen) atoms. The van der Waals surface area contributed by atoms with Gasteiger partial charge in [-0.25, -0.2) is 0 Å². The molecule has 2 fully saturated rings. The van der Waals surface area contributed by atoms with Crippen LogP contribution in [0.4, 0.5) is 17.1 Å². The zero-order chi connectivity index (χ0) is 45.1. The average Bonchev–Trinajstić information content (AvgIpc) is 3.93. The molecule has 3 aliphatic carbocycles. The predicted octanol–water partition coefficient (Wildman–Crippen LogP) is 15.3. The maximum absolute atomic E-state index is 9.90. The normalized spacial score (nSPS) is 18.9. The van der Waals surface area contributed by atoms with Crippen molar-refractivity contribution in [2.45, 2.75) is 62.1 Å². The summed E-state index contributed by atoms with van der Waals surface area (Å²) in [4.78, 5) is 2.53. The summed E-state index contributed by atoms with van der Waals surface area (Å²) in [5.41, 5.74) is 21.9. The first-order chi connectivity index (χ1) is 32.7. The molecule has 2 aliphatic heterocycles. The largest absolute Gasteiger partial charge is 0.381 e. The van der Waals surface area contributed by atoms with Crippen LogP contribution in [0.5, 0.6) is 0 Å². The number of fused-ring (bicyclic) bond motifs is 13. The second-order valence-electron chi connectivity index (χ2n) is 19.1. The van der Waals surface area contributed by atoms with Crippen molar-refractivity contribution in [1.82, 2.24) is 0 Å². The van der Waals surface area contributed by atoms with Gasteiger partial charge in [-0.15, -0.1) is 0 Å². The molecule has 0 unspecified atom stereocenters. The lowest BCUT2D eigenvalue weighted by Crippen LogP contribution is -2.27. The monoisotopic (exact) mass is 845 g/mol. The minimum absolute atomic E-state index is 0.187. The SMILES string of the molecule is [2H]C1(c2ccc3c(c2)C2(c4cc(C5([2H])CCOCC5)ccc4-3)c3ccccc3-c3c(N(c4ccc5c(c4)C(C)(C)c4ccccc4-5)c4ccccc4-c4ccccc4)cccc32)CCOCC1. The summed E-state index contributed by atoms with van der Waals surface area (Å²) in [6, 6.07) is 65.5. The summed E-state index contributed by atoms with van der Waals surface area (Å²) in [5.74, 6) is -1.49. The van der Waals surface area contributed by atoms with E-state index < -0.39 is 17.2 Å². The van der Waals surface area contributed by atoms with Crippen molar-refractivity contribution in [2.24, 2.45) is 0 Å². The Balaban J connectivity index is 1.11. The van der Waals surface area contributed by atoms with E-state index in [1.807, 2.05) is 0 Å². The van der Waals surface area contributed by atoms with Gasteiger partial charge in [0.05, 0.1) is 16.8 Å². The Labute approximate surface area is 386 Å². The third kappa shape index (κ3) is 5.75. The smallest absolute Gasteiger partial charge is 0.0726 e. The van der Waals surface area contributed by atoms with Crippen molar-refractivity contribution in [3.05, 3.63) is 220 Å². The van der Waals surface area contributed by atoms with Crippen molar-refractivity contribution in [3.63, 3.8) is 0 Å². The van der Waals surface area contributed by atoms with Crippen molar-refractivity contribution in [1.29, 1.82) is 0 Å². The predicted molar refractivity (Wildman–Crippen MR) is 266 cm³/mol. The molecular weight excluding hydrogens is 791 g/mol. The van der Waals surface area contributed by atoms with Gasteiger partial charge in [0.1, 0.15) is 0 Å². The van der Waals surface area contributed by atoms with Crippen molar-refractivity contribution in [2.75, 3.05) is 31.3 Å². The topological polar surface area (TPSA) is 21.7 Å². The van der Waals surface area contributed by atoms with Crippen LogP contribution >= 0.6 is 0 Å². The summed E-state index contributed by atoms with van der Waals surface area (Å²) in [6.45, 7) is 7.09. The van der Waals surface area contributed by atoms with Crippen molar-refractivity contribution in [3.8, 4) is 44.5 Å². The lowest BCUT2D eigenvalue weighted by Gasteiger charge is -2.34. The van der Waals surface area contributed by atoms with E-state index in [0.717, 1.165) is 39.3 Å². The van der Waals surface area contributed by atoms with Crippen LogP contribution in [0.15, 0.2) is 176 Å². The van der Waals surface area contributed by atoms with Crippen LogP contribution < -0.4 is 4.90 Å². The summed E-state index contributed by atoms with van der Waals surface area (Å²) < 4.78 is 31.5. The van der Waals surface area contributed by atoms with Crippen LogP contribution in [0.3, 0.4) is 0 Å². The first kappa shape index (κ1) is 36.8. The highest BCUT2D eigenvalue weighted by Gasteiger charge is 2.53. The number of benzene rings is 8. The van der Waals surface area contributed by atoms with E-state index in [1.165, 1.54) is 66.8 Å². The van der Waals surface area contributed by atoms with E-state index in [2.05, 4.69) is 195 Å². The fraction of sp³-hybridized carbons (Fsp3) is 0.226. The lowest BCUT2D eigenvalue weighted by atomic mass is 9.69. The van der Waals surface area contributed by atoms with E-state index in [-0.39, 0.29) is 5.41 Å². The molecule has 0 N–H and O–H groups in total. The van der Waals surface area contributed by atoms with E-state index in [9.17, 15) is 2.74 Å². The first-order valence-electron chi connectivity index (χ1n) is 24.6. The third-order valence-electron chi connectivity index (χ3n) is 15.5. The highest BCUT2D eigenvalue weighted by Crippen LogP contribution is 2.66. The maximum atomic E-state index is 9.90. The number of ether oxygens (including phenoxy) is 2. The molecular formula is C62H53NO2. The van der Waals surface area contributed by atoms with E-state index >= 15 is 0 Å². The van der Waals surface area contributed by atoms with Gasteiger partial charge >= 0.3 is 0 Å². The molecule has 0 bridgehead atoms. The Morgan fingerprint density at radius 1 is 0.431 bits per heavy atom. The van der Waals surface area contributed by atoms with Crippen LogP contribution in [0.2, 0.25) is 0 Å². The molecule has 318 valence electrons. The van der Waals surface area contributed by atoms with Gasteiger partial charge in [-0.1, -0.05) is 166 Å². The molecule has 2 heterocycles. The molecule has 0 atom stereocenters. The molecule has 5 aliphatic rings. The standard InChI is InChI=1S/C62H53NO2/c1-61(2)52-18-9-6-16-47(52)48-28-25-45(39-55(48)61)63(58-21-11-8-15-46(58)42-13-4-3-5-14-42)59-22-12-20-54-60(59)51-17-7-10-19-53(51)62(54)56-37-43(40-29-33-64-34-30-40)23-26-49(56)50-27-24-44(38-57(50)62)41-31-35-65-36-32-41/h3-28,37-41H,29-36H2,1-2H3/i40D,41D. The number of anilines is 3. The molecule has 8 aromatic rings. The van der Waals surface area contributed by atoms with Gasteiger partial charge in [0, 0.05) is 51.4 Å². The number of para-hydroxylation sites is 1. The molecule has 3 nitrogen and oxygen atoms in total. The van der Waals surface area contributed by atoms with Gasteiger partial charge in [0.25, 0.3) is 0 Å². The molecule has 2 saturated heterocycles.